The number of carbonyl (C=O) groups is 1. The number of sulfonamides is 1. The van der Waals surface area contributed by atoms with Crippen molar-refractivity contribution in [1.82, 2.24) is 4.31 Å². The average molecular weight is 386 g/mol. The maximum atomic E-state index is 13.7. The Morgan fingerprint density at radius 2 is 1.69 bits per heavy atom. The van der Waals surface area contributed by atoms with Gasteiger partial charge in [-0.05, 0) is 24.6 Å². The molecular weight excluding hydrogens is 369 g/mol. The van der Waals surface area contributed by atoms with Gasteiger partial charge < -0.3 is 5.32 Å². The molecule has 0 saturated carbocycles. The Bertz CT molecular complexity index is 905. The lowest BCUT2D eigenvalue weighted by Crippen LogP contribution is -2.39. The standard InChI is InChI=1S/C17H17F3N2O3S/c1-11(12-6-4-3-5-7-12)22(26(2,24)25)10-15(23)21-14-9-8-13(18)16(19)17(14)20/h3-9,11H,10H2,1-2H3,(H,21,23). The van der Waals surface area contributed by atoms with Crippen LogP contribution in [-0.2, 0) is 14.8 Å². The van der Waals surface area contributed by atoms with E-state index in [0.717, 1.165) is 16.6 Å². The molecule has 0 aliphatic rings. The highest BCUT2D eigenvalue weighted by atomic mass is 32.2. The number of hydrogen-bond donors (Lipinski definition) is 1. The zero-order valence-corrected chi connectivity index (χ0v) is 14.9. The number of benzene rings is 2. The molecule has 5 nitrogen and oxygen atoms in total. The third-order valence-corrected chi connectivity index (χ3v) is 5.05. The van der Waals surface area contributed by atoms with Crippen molar-refractivity contribution >= 4 is 21.6 Å². The quantitative estimate of drug-likeness (QED) is 0.776. The predicted octanol–water partition coefficient (Wildman–Crippen LogP) is 3.07. The molecule has 1 atom stereocenters. The number of carbonyl (C=O) groups excluding carboxylic acids is 1. The van der Waals surface area contributed by atoms with Crippen LogP contribution in [0.15, 0.2) is 42.5 Å². The normalized spacial score (nSPS) is 12.8. The first-order valence-electron chi connectivity index (χ1n) is 7.56. The summed E-state index contributed by atoms with van der Waals surface area (Å²) in [6.07, 6.45) is 0.942. The first-order valence-corrected chi connectivity index (χ1v) is 9.41. The fourth-order valence-corrected chi connectivity index (χ4v) is 3.44. The van der Waals surface area contributed by atoms with Crippen molar-refractivity contribution in [2.75, 3.05) is 18.1 Å². The number of anilines is 1. The van der Waals surface area contributed by atoms with Gasteiger partial charge in [0.2, 0.25) is 15.9 Å². The first kappa shape index (κ1) is 19.9. The molecule has 1 amide bonds. The second-order valence-corrected chi connectivity index (χ2v) is 7.60. The molecule has 26 heavy (non-hydrogen) atoms. The fraction of sp³-hybridized carbons (Fsp3) is 0.235. The maximum absolute atomic E-state index is 13.7. The van der Waals surface area contributed by atoms with Crippen molar-refractivity contribution in [2.45, 2.75) is 13.0 Å². The van der Waals surface area contributed by atoms with Gasteiger partial charge >= 0.3 is 0 Å². The van der Waals surface area contributed by atoms with Gasteiger partial charge in [0, 0.05) is 6.04 Å². The molecule has 2 aromatic carbocycles. The van der Waals surface area contributed by atoms with Crippen molar-refractivity contribution in [3.05, 3.63) is 65.5 Å². The Balaban J connectivity index is 2.22. The minimum absolute atomic E-state index is 0.574. The smallest absolute Gasteiger partial charge is 0.239 e. The zero-order chi connectivity index (χ0) is 19.5. The van der Waals surface area contributed by atoms with Gasteiger partial charge in [-0.2, -0.15) is 4.31 Å². The molecule has 0 radical (unpaired) electrons. The third kappa shape index (κ3) is 4.61. The summed E-state index contributed by atoms with van der Waals surface area (Å²) >= 11 is 0. The van der Waals surface area contributed by atoms with Gasteiger partial charge in [0.25, 0.3) is 0 Å². The SMILES string of the molecule is CC(c1ccccc1)N(CC(=O)Nc1ccc(F)c(F)c1F)S(C)(=O)=O. The number of halogens is 3. The van der Waals surface area contributed by atoms with E-state index in [-0.39, 0.29) is 0 Å². The Morgan fingerprint density at radius 3 is 2.27 bits per heavy atom. The zero-order valence-electron chi connectivity index (χ0n) is 14.0. The Labute approximate surface area is 149 Å². The summed E-state index contributed by atoms with van der Waals surface area (Å²) in [5.41, 5.74) is 0.0828. The minimum Gasteiger partial charge on any atom is -0.322 e. The van der Waals surface area contributed by atoms with Gasteiger partial charge in [-0.1, -0.05) is 30.3 Å². The molecule has 0 saturated heterocycles. The van der Waals surface area contributed by atoms with Crippen LogP contribution in [0.3, 0.4) is 0 Å². The molecule has 9 heteroatoms. The number of rotatable bonds is 6. The van der Waals surface area contributed by atoms with Crippen LogP contribution in [0.25, 0.3) is 0 Å². The van der Waals surface area contributed by atoms with Crippen molar-refractivity contribution in [3.63, 3.8) is 0 Å². The lowest BCUT2D eigenvalue weighted by atomic mass is 10.1. The highest BCUT2D eigenvalue weighted by Gasteiger charge is 2.27. The van der Waals surface area contributed by atoms with Crippen molar-refractivity contribution in [2.24, 2.45) is 0 Å². The second-order valence-electron chi connectivity index (χ2n) is 5.67. The van der Waals surface area contributed by atoms with Gasteiger partial charge in [0.1, 0.15) is 0 Å². The second kappa shape index (κ2) is 7.88. The molecule has 0 heterocycles. The van der Waals surface area contributed by atoms with E-state index in [1.54, 1.807) is 37.3 Å². The van der Waals surface area contributed by atoms with Crippen LogP contribution in [0, 0.1) is 17.5 Å². The largest absolute Gasteiger partial charge is 0.322 e. The molecule has 0 aromatic heterocycles. The highest BCUT2D eigenvalue weighted by Crippen LogP contribution is 2.23. The van der Waals surface area contributed by atoms with Crippen LogP contribution in [0.1, 0.15) is 18.5 Å². The Morgan fingerprint density at radius 1 is 1.08 bits per heavy atom. The number of nitrogens with one attached hydrogen (secondary N) is 1. The molecule has 1 N–H and O–H groups in total. The van der Waals surface area contributed by atoms with E-state index in [4.69, 9.17) is 0 Å². The number of hydrogen-bond acceptors (Lipinski definition) is 3. The molecule has 140 valence electrons. The van der Waals surface area contributed by atoms with Crippen LogP contribution in [0.5, 0.6) is 0 Å². The van der Waals surface area contributed by atoms with Gasteiger partial charge in [-0.15, -0.1) is 0 Å². The Kier molecular flexibility index (Phi) is 6.04. The van der Waals surface area contributed by atoms with Gasteiger partial charge in [-0.3, -0.25) is 4.79 Å². The monoisotopic (exact) mass is 386 g/mol. The van der Waals surface area contributed by atoms with E-state index in [9.17, 15) is 26.4 Å². The summed E-state index contributed by atoms with van der Waals surface area (Å²) in [4.78, 5) is 12.2. The highest BCUT2D eigenvalue weighted by molar-refractivity contribution is 7.88. The van der Waals surface area contributed by atoms with E-state index >= 15 is 0 Å². The fourth-order valence-electron chi connectivity index (χ4n) is 2.39. The van der Waals surface area contributed by atoms with Crippen LogP contribution in [0.2, 0.25) is 0 Å². The summed E-state index contributed by atoms with van der Waals surface area (Å²) in [5.74, 6) is -5.56. The van der Waals surface area contributed by atoms with E-state index in [1.165, 1.54) is 0 Å². The molecule has 0 aliphatic carbocycles. The molecular formula is C17H17F3N2O3S. The Hall–Kier alpha value is -2.39. The van der Waals surface area contributed by atoms with Crippen LogP contribution in [0.4, 0.5) is 18.9 Å². The van der Waals surface area contributed by atoms with E-state index < -0.39 is 51.7 Å². The van der Waals surface area contributed by atoms with Crippen LogP contribution < -0.4 is 5.32 Å². The van der Waals surface area contributed by atoms with Crippen LogP contribution >= 0.6 is 0 Å². The van der Waals surface area contributed by atoms with E-state index in [0.29, 0.717) is 11.6 Å². The minimum atomic E-state index is -3.78. The topological polar surface area (TPSA) is 66.5 Å². The molecule has 0 spiro atoms. The van der Waals surface area contributed by atoms with Gasteiger partial charge in [-0.25, -0.2) is 21.6 Å². The lowest BCUT2D eigenvalue weighted by Gasteiger charge is -2.26. The average Bonchev–Trinajstić information content (AvgIpc) is 2.59. The van der Waals surface area contributed by atoms with Crippen LogP contribution in [-0.4, -0.2) is 31.4 Å². The van der Waals surface area contributed by atoms with Crippen molar-refractivity contribution in [1.29, 1.82) is 0 Å². The summed E-state index contributed by atoms with van der Waals surface area (Å²) < 4.78 is 64.9. The summed E-state index contributed by atoms with van der Waals surface area (Å²) in [7, 11) is -3.78. The van der Waals surface area contributed by atoms with Gasteiger partial charge in [0.15, 0.2) is 17.5 Å². The van der Waals surface area contributed by atoms with Gasteiger partial charge in [0.05, 0.1) is 18.5 Å². The first-order chi connectivity index (χ1) is 12.1. The summed E-state index contributed by atoms with van der Waals surface area (Å²) in [6.45, 7) is 0.981. The molecule has 2 rings (SSSR count). The number of nitrogens with zero attached hydrogens (tertiary/aromatic N) is 1. The van der Waals surface area contributed by atoms with Crippen molar-refractivity contribution < 1.29 is 26.4 Å². The molecule has 0 aliphatic heterocycles. The maximum Gasteiger partial charge on any atom is 0.239 e. The van der Waals surface area contributed by atoms with E-state index in [2.05, 4.69) is 5.32 Å². The molecule has 0 bridgehead atoms. The van der Waals surface area contributed by atoms with E-state index in [1.807, 2.05) is 0 Å². The summed E-state index contributed by atoms with van der Waals surface area (Å²) in [6, 6.07) is 9.48. The summed E-state index contributed by atoms with van der Waals surface area (Å²) in [5, 5.41) is 2.06. The molecule has 2 aromatic rings. The molecule has 0 fully saturated rings. The predicted molar refractivity (Wildman–Crippen MR) is 91.4 cm³/mol. The molecule has 1 unspecified atom stereocenters. The number of amides is 1. The third-order valence-electron chi connectivity index (χ3n) is 3.75. The lowest BCUT2D eigenvalue weighted by molar-refractivity contribution is -0.116. The van der Waals surface area contributed by atoms with Crippen molar-refractivity contribution in [3.8, 4) is 0 Å².